The number of ether oxygens (including phenoxy) is 2. The van der Waals surface area contributed by atoms with Crippen molar-refractivity contribution in [2.45, 2.75) is 0 Å². The summed E-state index contributed by atoms with van der Waals surface area (Å²) in [6.45, 7) is 0. The van der Waals surface area contributed by atoms with E-state index in [1.54, 1.807) is 36.4 Å². The van der Waals surface area contributed by atoms with E-state index in [1.807, 2.05) is 6.07 Å². The minimum Gasteiger partial charge on any atom is -0.493 e. The third-order valence-electron chi connectivity index (χ3n) is 2.57. The second-order valence-corrected chi connectivity index (χ2v) is 4.75. The summed E-state index contributed by atoms with van der Waals surface area (Å²) in [7, 11) is 1.50. The van der Waals surface area contributed by atoms with Gasteiger partial charge in [-0.25, -0.2) is 0 Å². The van der Waals surface area contributed by atoms with Crippen LogP contribution in [0.5, 0.6) is 17.2 Å². The van der Waals surface area contributed by atoms with Gasteiger partial charge in [0.05, 0.1) is 24.3 Å². The molecule has 2 aromatic rings. The number of hydrogen-bond donors (Lipinski definition) is 0. The van der Waals surface area contributed by atoms with Crippen LogP contribution >= 0.6 is 15.9 Å². The van der Waals surface area contributed by atoms with Crippen molar-refractivity contribution < 1.29 is 9.47 Å². The van der Waals surface area contributed by atoms with Crippen LogP contribution in [0, 0.1) is 22.7 Å². The molecule has 0 bridgehead atoms. The number of hydrogen-bond acceptors (Lipinski definition) is 4. The molecule has 2 rings (SSSR count). The molecular formula is C15H9BrN2O2. The van der Waals surface area contributed by atoms with Crippen molar-refractivity contribution in [3.8, 4) is 29.4 Å². The average molecular weight is 329 g/mol. The number of methoxy groups -OCH3 is 1. The van der Waals surface area contributed by atoms with Crippen LogP contribution in [0.15, 0.2) is 40.9 Å². The van der Waals surface area contributed by atoms with Gasteiger partial charge >= 0.3 is 0 Å². The van der Waals surface area contributed by atoms with Gasteiger partial charge in [-0.1, -0.05) is 15.9 Å². The molecular weight excluding hydrogens is 320 g/mol. The molecule has 0 radical (unpaired) electrons. The zero-order valence-electron chi connectivity index (χ0n) is 10.6. The maximum absolute atomic E-state index is 9.10. The van der Waals surface area contributed by atoms with Crippen molar-refractivity contribution in [2.75, 3.05) is 7.11 Å². The summed E-state index contributed by atoms with van der Waals surface area (Å²) in [4.78, 5) is 0. The van der Waals surface area contributed by atoms with Gasteiger partial charge in [0.2, 0.25) is 0 Å². The van der Waals surface area contributed by atoms with Crippen LogP contribution in [0.2, 0.25) is 0 Å². The first-order valence-electron chi connectivity index (χ1n) is 5.63. The minimum absolute atomic E-state index is 0.408. The van der Waals surface area contributed by atoms with Gasteiger partial charge < -0.3 is 9.47 Å². The molecule has 20 heavy (non-hydrogen) atoms. The van der Waals surface area contributed by atoms with Crippen LogP contribution in [0.1, 0.15) is 11.1 Å². The van der Waals surface area contributed by atoms with E-state index < -0.39 is 0 Å². The highest BCUT2D eigenvalue weighted by Gasteiger charge is 2.10. The third kappa shape index (κ3) is 2.90. The van der Waals surface area contributed by atoms with Gasteiger partial charge in [-0.3, -0.25) is 0 Å². The summed E-state index contributed by atoms with van der Waals surface area (Å²) in [5, 5.41) is 18.0. The van der Waals surface area contributed by atoms with Gasteiger partial charge in [0.1, 0.15) is 11.8 Å². The van der Waals surface area contributed by atoms with E-state index in [0.29, 0.717) is 28.4 Å². The molecule has 0 atom stereocenters. The first kappa shape index (κ1) is 13.9. The Morgan fingerprint density at radius 2 is 1.70 bits per heavy atom. The van der Waals surface area contributed by atoms with E-state index in [4.69, 9.17) is 20.0 Å². The summed E-state index contributed by atoms with van der Waals surface area (Å²) in [5.74, 6) is 1.32. The van der Waals surface area contributed by atoms with Gasteiger partial charge in [-0.15, -0.1) is 0 Å². The van der Waals surface area contributed by atoms with Gasteiger partial charge in [-0.2, -0.15) is 10.5 Å². The fourth-order valence-electron chi connectivity index (χ4n) is 1.62. The van der Waals surface area contributed by atoms with Crippen molar-refractivity contribution >= 4 is 15.9 Å². The molecule has 0 fully saturated rings. The van der Waals surface area contributed by atoms with Crippen molar-refractivity contribution in [3.05, 3.63) is 52.0 Å². The average Bonchev–Trinajstić information content (AvgIpc) is 2.49. The topological polar surface area (TPSA) is 66.0 Å². The lowest BCUT2D eigenvalue weighted by molar-refractivity contribution is 0.378. The first-order chi connectivity index (χ1) is 9.67. The maximum atomic E-state index is 9.10. The Balaban J connectivity index is 2.41. The number of nitrogens with zero attached hydrogens (tertiary/aromatic N) is 2. The normalized spacial score (nSPS) is 9.40. The molecule has 0 N–H and O–H groups in total. The molecule has 0 saturated carbocycles. The summed E-state index contributed by atoms with van der Waals surface area (Å²) >= 11 is 3.30. The molecule has 0 amide bonds. The maximum Gasteiger partial charge on any atom is 0.169 e. The molecule has 0 aliphatic heterocycles. The quantitative estimate of drug-likeness (QED) is 0.854. The highest BCUT2D eigenvalue weighted by molar-refractivity contribution is 9.10. The van der Waals surface area contributed by atoms with Gasteiger partial charge in [-0.05, 0) is 30.3 Å². The zero-order valence-corrected chi connectivity index (χ0v) is 12.1. The van der Waals surface area contributed by atoms with E-state index in [2.05, 4.69) is 22.0 Å². The lowest BCUT2D eigenvalue weighted by atomic mass is 10.2. The highest BCUT2D eigenvalue weighted by atomic mass is 79.9. The number of rotatable bonds is 3. The smallest absolute Gasteiger partial charge is 0.169 e. The van der Waals surface area contributed by atoms with Crippen molar-refractivity contribution in [3.63, 3.8) is 0 Å². The van der Waals surface area contributed by atoms with Crippen LogP contribution in [-0.2, 0) is 0 Å². The summed E-state index contributed by atoms with van der Waals surface area (Å²) in [6, 6.07) is 14.1. The second-order valence-electron chi connectivity index (χ2n) is 3.83. The van der Waals surface area contributed by atoms with Crippen LogP contribution in [0.3, 0.4) is 0 Å². The molecule has 0 aromatic heterocycles. The van der Waals surface area contributed by atoms with Gasteiger partial charge in [0.15, 0.2) is 11.5 Å². The van der Waals surface area contributed by atoms with Crippen molar-refractivity contribution in [2.24, 2.45) is 0 Å². The van der Waals surface area contributed by atoms with Crippen molar-refractivity contribution in [1.29, 1.82) is 10.5 Å². The lowest BCUT2D eigenvalue weighted by Gasteiger charge is -2.11. The molecule has 2 aromatic carbocycles. The molecule has 0 unspecified atom stereocenters. The van der Waals surface area contributed by atoms with Crippen LogP contribution < -0.4 is 9.47 Å². The van der Waals surface area contributed by atoms with E-state index in [9.17, 15) is 0 Å². The van der Waals surface area contributed by atoms with E-state index in [0.717, 1.165) is 4.47 Å². The van der Waals surface area contributed by atoms with Crippen LogP contribution in [-0.4, -0.2) is 7.11 Å². The Morgan fingerprint density at radius 3 is 2.35 bits per heavy atom. The Hall–Kier alpha value is -2.50. The number of halogens is 1. The Bertz CT molecular complexity index is 730. The predicted molar refractivity (Wildman–Crippen MR) is 76.6 cm³/mol. The Kier molecular flexibility index (Phi) is 4.24. The summed E-state index contributed by atoms with van der Waals surface area (Å²) in [5.41, 5.74) is 0.885. The fraction of sp³-hybridized carbons (Fsp3) is 0.0667. The number of nitriles is 2. The first-order valence-corrected chi connectivity index (χ1v) is 6.43. The summed E-state index contributed by atoms with van der Waals surface area (Å²) in [6.07, 6.45) is 0. The predicted octanol–water partition coefficient (Wildman–Crippen LogP) is 3.99. The van der Waals surface area contributed by atoms with Crippen LogP contribution in [0.4, 0.5) is 0 Å². The largest absolute Gasteiger partial charge is 0.493 e. The number of benzene rings is 2. The molecule has 0 saturated heterocycles. The lowest BCUT2D eigenvalue weighted by Crippen LogP contribution is -1.93. The third-order valence-corrected chi connectivity index (χ3v) is 3.07. The Morgan fingerprint density at radius 1 is 0.950 bits per heavy atom. The fourth-order valence-corrected chi connectivity index (χ4v) is 1.98. The molecule has 0 aliphatic carbocycles. The van der Waals surface area contributed by atoms with Crippen molar-refractivity contribution in [1.82, 2.24) is 0 Å². The van der Waals surface area contributed by atoms with E-state index in [-0.39, 0.29) is 0 Å². The molecule has 0 heterocycles. The molecule has 98 valence electrons. The Labute approximate surface area is 124 Å². The molecule has 0 aliphatic rings. The van der Waals surface area contributed by atoms with E-state index >= 15 is 0 Å². The highest BCUT2D eigenvalue weighted by Crippen LogP contribution is 2.34. The SMILES string of the molecule is COc1cc(C#N)ccc1Oc1ccc(Br)cc1C#N. The second kappa shape index (κ2) is 6.10. The minimum atomic E-state index is 0.408. The van der Waals surface area contributed by atoms with E-state index in [1.165, 1.54) is 7.11 Å². The van der Waals surface area contributed by atoms with Gasteiger partial charge in [0, 0.05) is 10.5 Å². The molecule has 5 heteroatoms. The molecule has 0 spiro atoms. The molecule has 4 nitrogen and oxygen atoms in total. The monoisotopic (exact) mass is 328 g/mol. The summed E-state index contributed by atoms with van der Waals surface area (Å²) < 4.78 is 11.7. The standard InChI is InChI=1S/C15H9BrN2O2/c1-19-15-6-10(8-17)2-4-14(15)20-13-5-3-12(16)7-11(13)9-18/h2-7H,1H3. The van der Waals surface area contributed by atoms with Crippen LogP contribution in [0.25, 0.3) is 0 Å². The zero-order chi connectivity index (χ0) is 14.5. The van der Waals surface area contributed by atoms with Gasteiger partial charge in [0.25, 0.3) is 0 Å².